The van der Waals surface area contributed by atoms with E-state index in [9.17, 15) is 19.2 Å². The van der Waals surface area contributed by atoms with Crippen LogP contribution >= 0.6 is 0 Å². The van der Waals surface area contributed by atoms with Gasteiger partial charge in [-0.2, -0.15) is 0 Å². The van der Waals surface area contributed by atoms with Crippen molar-refractivity contribution in [2.75, 3.05) is 13.1 Å². The summed E-state index contributed by atoms with van der Waals surface area (Å²) in [5, 5.41) is 0. The monoisotopic (exact) mass is 481 g/mol. The van der Waals surface area contributed by atoms with E-state index in [2.05, 4.69) is 0 Å². The molecule has 2 aromatic rings. The van der Waals surface area contributed by atoms with Gasteiger partial charge < -0.3 is 19.1 Å². The van der Waals surface area contributed by atoms with Crippen LogP contribution in [0.5, 0.6) is 11.5 Å². The Kier molecular flexibility index (Phi) is 8.27. The zero-order valence-corrected chi connectivity index (χ0v) is 20.5. The molecule has 0 radical (unpaired) electrons. The number of likely N-dealkylation sites (tertiary alicyclic amines) is 1. The maximum Gasteiger partial charge on any atom is 0.410 e. The molecule has 186 valence electrons. The second kappa shape index (κ2) is 11.2. The molecule has 1 aliphatic heterocycles. The zero-order valence-electron chi connectivity index (χ0n) is 20.5. The summed E-state index contributed by atoms with van der Waals surface area (Å²) in [7, 11) is 0. The van der Waals surface area contributed by atoms with Crippen LogP contribution in [0.25, 0.3) is 0 Å². The number of ketones is 2. The molecule has 1 saturated heterocycles. The van der Waals surface area contributed by atoms with Gasteiger partial charge in [-0.25, -0.2) is 4.79 Å². The fourth-order valence-corrected chi connectivity index (χ4v) is 3.62. The molecule has 1 unspecified atom stereocenters. The molecule has 0 bridgehead atoms. The molecule has 35 heavy (non-hydrogen) atoms. The van der Waals surface area contributed by atoms with E-state index in [1.54, 1.807) is 37.8 Å². The fourth-order valence-electron chi connectivity index (χ4n) is 3.62. The number of para-hydroxylation sites is 1. The van der Waals surface area contributed by atoms with Crippen LogP contribution in [-0.4, -0.2) is 53.3 Å². The van der Waals surface area contributed by atoms with Crippen molar-refractivity contribution in [3.63, 3.8) is 0 Å². The smallest absolute Gasteiger partial charge is 0.410 e. The van der Waals surface area contributed by atoms with Gasteiger partial charge in [0.2, 0.25) is 11.9 Å². The number of Topliss-reactive ketones (excluding diaryl/α,β-unsaturated/α-hetero) is 2. The number of ether oxygens (including phenoxy) is 3. The Bertz CT molecular complexity index is 1050. The van der Waals surface area contributed by atoms with Crippen molar-refractivity contribution in [2.24, 2.45) is 5.92 Å². The lowest BCUT2D eigenvalue weighted by Crippen LogP contribution is -2.44. The van der Waals surface area contributed by atoms with Crippen LogP contribution in [0.3, 0.4) is 0 Å². The summed E-state index contributed by atoms with van der Waals surface area (Å²) >= 11 is 0. The number of carbonyl (C=O) groups is 4. The van der Waals surface area contributed by atoms with Gasteiger partial charge in [-0.05, 0) is 76.9 Å². The molecule has 2 aromatic carbocycles. The van der Waals surface area contributed by atoms with Gasteiger partial charge in [-0.3, -0.25) is 14.4 Å². The standard InChI is InChI=1S/C27H31NO7/c1-18(29)24(23(30)19-10-12-22(13-11-19)33-21-8-6-5-7-9-21)34-25(31)20-14-16-28(17-15-20)26(32)35-27(2,3)4/h5-13,20,24H,14-17H2,1-4H3. The van der Waals surface area contributed by atoms with Crippen molar-refractivity contribution in [1.82, 2.24) is 4.90 Å². The first-order chi connectivity index (χ1) is 16.5. The van der Waals surface area contributed by atoms with E-state index in [-0.39, 0.29) is 5.56 Å². The topological polar surface area (TPSA) is 99.2 Å². The van der Waals surface area contributed by atoms with Crippen molar-refractivity contribution >= 4 is 23.6 Å². The van der Waals surface area contributed by atoms with Crippen LogP contribution < -0.4 is 4.74 Å². The number of carbonyl (C=O) groups excluding carboxylic acids is 4. The molecule has 1 amide bonds. The molecular formula is C27H31NO7. The molecule has 8 nitrogen and oxygen atoms in total. The largest absolute Gasteiger partial charge is 0.457 e. The molecule has 8 heteroatoms. The molecule has 0 spiro atoms. The second-order valence-electron chi connectivity index (χ2n) is 9.47. The number of piperidine rings is 1. The summed E-state index contributed by atoms with van der Waals surface area (Å²) in [6.07, 6.45) is -1.22. The third-order valence-electron chi connectivity index (χ3n) is 5.44. The summed E-state index contributed by atoms with van der Waals surface area (Å²) in [4.78, 5) is 51.6. The van der Waals surface area contributed by atoms with E-state index < -0.39 is 41.3 Å². The highest BCUT2D eigenvalue weighted by molar-refractivity contribution is 6.13. The number of nitrogens with zero attached hydrogens (tertiary/aromatic N) is 1. The summed E-state index contributed by atoms with van der Waals surface area (Å²) in [5.41, 5.74) is -0.369. The molecule has 1 atom stereocenters. The Labute approximate surface area is 205 Å². The van der Waals surface area contributed by atoms with Gasteiger partial charge in [0.15, 0.2) is 5.78 Å². The lowest BCUT2D eigenvalue weighted by molar-refractivity contribution is -0.157. The SMILES string of the molecule is CC(=O)C(OC(=O)C1CCN(C(=O)OC(C)(C)C)CC1)C(=O)c1ccc(Oc2ccccc2)cc1. The Morgan fingerprint density at radius 3 is 2.00 bits per heavy atom. The van der Waals surface area contributed by atoms with Gasteiger partial charge in [-0.15, -0.1) is 0 Å². The summed E-state index contributed by atoms with van der Waals surface area (Å²) in [6.45, 7) is 7.24. The maximum atomic E-state index is 12.9. The Balaban J connectivity index is 1.58. The van der Waals surface area contributed by atoms with Crippen molar-refractivity contribution in [2.45, 2.75) is 52.2 Å². The molecular weight excluding hydrogens is 450 g/mol. The van der Waals surface area contributed by atoms with Gasteiger partial charge in [0.25, 0.3) is 0 Å². The van der Waals surface area contributed by atoms with Crippen LogP contribution in [0.15, 0.2) is 54.6 Å². The van der Waals surface area contributed by atoms with E-state index in [1.165, 1.54) is 19.1 Å². The first-order valence-electron chi connectivity index (χ1n) is 11.6. The Hall–Kier alpha value is -3.68. The molecule has 0 aliphatic carbocycles. The second-order valence-corrected chi connectivity index (χ2v) is 9.47. The number of amides is 1. The third kappa shape index (κ3) is 7.40. The first kappa shape index (κ1) is 25.9. The van der Waals surface area contributed by atoms with E-state index in [1.807, 2.05) is 30.3 Å². The molecule has 0 saturated carbocycles. The number of benzene rings is 2. The van der Waals surface area contributed by atoms with Crippen molar-refractivity contribution in [3.8, 4) is 11.5 Å². The molecule has 0 aromatic heterocycles. The molecule has 1 heterocycles. The predicted octanol–water partition coefficient (Wildman–Crippen LogP) is 4.81. The summed E-state index contributed by atoms with van der Waals surface area (Å²) < 4.78 is 16.4. The Morgan fingerprint density at radius 2 is 1.46 bits per heavy atom. The highest BCUT2D eigenvalue weighted by Crippen LogP contribution is 2.24. The lowest BCUT2D eigenvalue weighted by Gasteiger charge is -2.32. The van der Waals surface area contributed by atoms with Crippen LogP contribution in [0.1, 0.15) is 50.9 Å². The number of rotatable bonds is 7. The quantitative estimate of drug-likeness (QED) is 0.318. The Morgan fingerprint density at radius 1 is 0.886 bits per heavy atom. The van der Waals surface area contributed by atoms with E-state index in [0.29, 0.717) is 37.4 Å². The molecule has 0 N–H and O–H groups in total. The average Bonchev–Trinajstić information content (AvgIpc) is 2.82. The van der Waals surface area contributed by atoms with Gasteiger partial charge in [-0.1, -0.05) is 18.2 Å². The van der Waals surface area contributed by atoms with E-state index in [0.717, 1.165) is 0 Å². The van der Waals surface area contributed by atoms with Crippen LogP contribution in [0, 0.1) is 5.92 Å². The highest BCUT2D eigenvalue weighted by Gasteiger charge is 2.35. The number of esters is 1. The van der Waals surface area contributed by atoms with Gasteiger partial charge in [0.05, 0.1) is 5.92 Å². The summed E-state index contributed by atoms with van der Waals surface area (Å²) in [6, 6.07) is 15.5. The maximum absolute atomic E-state index is 12.9. The van der Waals surface area contributed by atoms with Gasteiger partial charge >= 0.3 is 12.1 Å². The number of hydrogen-bond donors (Lipinski definition) is 0. The molecule has 1 fully saturated rings. The van der Waals surface area contributed by atoms with Crippen molar-refractivity contribution < 1.29 is 33.4 Å². The molecule has 1 aliphatic rings. The van der Waals surface area contributed by atoms with Crippen LogP contribution in [-0.2, 0) is 19.1 Å². The highest BCUT2D eigenvalue weighted by atomic mass is 16.6. The number of hydrogen-bond acceptors (Lipinski definition) is 7. The third-order valence-corrected chi connectivity index (χ3v) is 5.44. The normalized spacial score (nSPS) is 15.1. The predicted molar refractivity (Wildman–Crippen MR) is 128 cm³/mol. The minimum atomic E-state index is -1.52. The fraction of sp³-hybridized carbons (Fsp3) is 0.407. The van der Waals surface area contributed by atoms with Gasteiger partial charge in [0.1, 0.15) is 17.1 Å². The van der Waals surface area contributed by atoms with Crippen LogP contribution in [0.4, 0.5) is 4.79 Å². The minimum absolute atomic E-state index is 0.234. The average molecular weight is 482 g/mol. The summed E-state index contributed by atoms with van der Waals surface area (Å²) in [5.74, 6) is -1.10. The lowest BCUT2D eigenvalue weighted by atomic mass is 9.96. The first-order valence-corrected chi connectivity index (χ1v) is 11.6. The zero-order chi connectivity index (χ0) is 25.6. The minimum Gasteiger partial charge on any atom is -0.457 e. The van der Waals surface area contributed by atoms with E-state index in [4.69, 9.17) is 14.2 Å². The molecule has 3 rings (SSSR count). The van der Waals surface area contributed by atoms with Crippen LogP contribution in [0.2, 0.25) is 0 Å². The van der Waals surface area contributed by atoms with Crippen molar-refractivity contribution in [1.29, 1.82) is 0 Å². The van der Waals surface area contributed by atoms with E-state index >= 15 is 0 Å². The van der Waals surface area contributed by atoms with Gasteiger partial charge in [0, 0.05) is 18.7 Å². The van der Waals surface area contributed by atoms with Crippen molar-refractivity contribution in [3.05, 3.63) is 60.2 Å².